The Morgan fingerprint density at radius 1 is 0.324 bits per heavy atom. The number of hydrogen-bond donors (Lipinski definition) is 2. The Labute approximate surface area is 446 Å². The minimum Gasteiger partial charge on any atom is -0.543 e. The molecule has 6 heteroatoms. The molecule has 6 nitrogen and oxygen atoms in total. The lowest BCUT2D eigenvalue weighted by atomic mass is 9.95. The topological polar surface area (TPSA) is 83.8 Å². The van der Waals surface area contributed by atoms with E-state index in [2.05, 4.69) is 18.7 Å². The monoisotopic (exact) mass is 1010 g/mol. The highest BCUT2D eigenvalue weighted by atomic mass is 16.4. The molecule has 0 radical (unpaired) electrons. The van der Waals surface area contributed by atoms with Crippen LogP contribution in [-0.2, 0) is 4.79 Å². The molecular formula is C65H132N2O4. The number of aliphatic hydroxyl groups excluding tert-OH is 2. The van der Waals surface area contributed by atoms with Gasteiger partial charge in [0.25, 0.3) is 0 Å². The smallest absolute Gasteiger partial charge is 0.186 e. The average Bonchev–Trinajstić information content (AvgIpc) is 3.34. The summed E-state index contributed by atoms with van der Waals surface area (Å²) in [7, 11) is 5.84. The van der Waals surface area contributed by atoms with Gasteiger partial charge in [-0.2, -0.15) is 0 Å². The number of aliphatic carboxylic acids is 1. The summed E-state index contributed by atoms with van der Waals surface area (Å²) in [4.78, 5) is 15.1. The second-order valence-corrected chi connectivity index (χ2v) is 24.1. The molecule has 0 aromatic rings. The molecule has 0 rings (SSSR count). The fraction of sp³-hybridized carbons (Fsp3) is 0.985. The van der Waals surface area contributed by atoms with E-state index in [4.69, 9.17) is 0 Å². The van der Waals surface area contributed by atoms with E-state index in [-0.39, 0.29) is 29.8 Å². The highest BCUT2D eigenvalue weighted by Gasteiger charge is 2.40. The summed E-state index contributed by atoms with van der Waals surface area (Å²) in [6.07, 6.45) is 71.1. The summed E-state index contributed by atoms with van der Waals surface area (Å²) in [5, 5.41) is 33.4. The lowest BCUT2D eigenvalue weighted by molar-refractivity contribution is -0.902. The molecule has 71 heavy (non-hydrogen) atoms. The van der Waals surface area contributed by atoms with E-state index < -0.39 is 12.1 Å². The number of carbonyl (C=O) groups excluding carboxylic acids is 1. The minimum absolute atomic E-state index is 0.0412. The molecule has 0 aliphatic heterocycles. The maximum atomic E-state index is 12.9. The number of carbonyl (C=O) groups is 1. The standard InChI is InChI=1S/C65H132N2O4/c1-6-8-10-12-14-16-18-20-22-24-26-28-30-32-34-36-38-40-42-44-46-48-50-52-54-56-62(58-60-68)66(64(65(70)71)67(3,4)5)63(59-61-69)57-55-53-51-49-47-45-43-41-39-37-35-33-31-29-27-25-23-21-19-17-15-13-11-9-7-2/h62-64,68-69H,6-61H2,1-5H3. The molecule has 3 unspecified atom stereocenters. The first kappa shape index (κ1) is 70.3. The van der Waals surface area contributed by atoms with Crippen LogP contribution in [0.25, 0.3) is 0 Å². The number of aliphatic hydroxyl groups is 2. The van der Waals surface area contributed by atoms with Crippen molar-refractivity contribution in [2.45, 2.75) is 379 Å². The van der Waals surface area contributed by atoms with Crippen molar-refractivity contribution < 1.29 is 24.6 Å². The molecule has 0 heterocycles. The van der Waals surface area contributed by atoms with Crippen LogP contribution in [0.2, 0.25) is 0 Å². The van der Waals surface area contributed by atoms with Gasteiger partial charge in [-0.15, -0.1) is 0 Å². The highest BCUT2D eigenvalue weighted by Crippen LogP contribution is 2.28. The number of hydrogen-bond acceptors (Lipinski definition) is 5. The molecule has 2 N–H and O–H groups in total. The number of carboxylic acid groups (broad SMARTS) is 1. The maximum Gasteiger partial charge on any atom is 0.186 e. The van der Waals surface area contributed by atoms with Gasteiger partial charge in [0.2, 0.25) is 0 Å². The number of carboxylic acids is 1. The molecule has 0 bridgehead atoms. The summed E-state index contributed by atoms with van der Waals surface area (Å²) in [5.41, 5.74) is 0. The summed E-state index contributed by atoms with van der Waals surface area (Å²) in [6.45, 7) is 4.69. The van der Waals surface area contributed by atoms with E-state index in [1.54, 1.807) is 0 Å². The van der Waals surface area contributed by atoms with Crippen molar-refractivity contribution in [1.29, 1.82) is 0 Å². The van der Waals surface area contributed by atoms with Gasteiger partial charge in [0, 0.05) is 25.3 Å². The fourth-order valence-electron chi connectivity index (χ4n) is 11.8. The zero-order chi connectivity index (χ0) is 52.0. The third-order valence-electron chi connectivity index (χ3n) is 16.3. The summed E-state index contributed by atoms with van der Waals surface area (Å²) in [5.74, 6) is -1.05. The van der Waals surface area contributed by atoms with Crippen molar-refractivity contribution in [3.05, 3.63) is 0 Å². The zero-order valence-corrected chi connectivity index (χ0v) is 49.4. The van der Waals surface area contributed by atoms with Gasteiger partial charge in [0.15, 0.2) is 6.17 Å². The normalized spacial score (nSPS) is 13.4. The average molecular weight is 1010 g/mol. The van der Waals surface area contributed by atoms with Crippen LogP contribution >= 0.6 is 0 Å². The van der Waals surface area contributed by atoms with Crippen LogP contribution in [0.3, 0.4) is 0 Å². The van der Waals surface area contributed by atoms with Gasteiger partial charge < -0.3 is 24.6 Å². The fourth-order valence-corrected chi connectivity index (χ4v) is 11.8. The first-order chi connectivity index (χ1) is 34.7. The number of rotatable bonds is 61. The van der Waals surface area contributed by atoms with Crippen LogP contribution in [0.1, 0.15) is 361 Å². The summed E-state index contributed by atoms with van der Waals surface area (Å²) in [6, 6.07) is -0.0823. The molecule has 0 amide bonds. The van der Waals surface area contributed by atoms with E-state index in [0.29, 0.717) is 12.8 Å². The first-order valence-corrected chi connectivity index (χ1v) is 32.8. The van der Waals surface area contributed by atoms with Crippen molar-refractivity contribution in [1.82, 2.24) is 4.90 Å². The van der Waals surface area contributed by atoms with E-state index in [9.17, 15) is 20.1 Å². The van der Waals surface area contributed by atoms with Gasteiger partial charge in [0.1, 0.15) is 5.97 Å². The maximum absolute atomic E-state index is 12.9. The molecule has 0 saturated carbocycles. The minimum atomic E-state index is -1.05. The Morgan fingerprint density at radius 2 is 0.493 bits per heavy atom. The second-order valence-electron chi connectivity index (χ2n) is 24.1. The molecule has 3 atom stereocenters. The molecule has 0 fully saturated rings. The highest BCUT2D eigenvalue weighted by molar-refractivity contribution is 5.69. The SMILES string of the molecule is CCCCCCCCCCCCCCCCCCCCCCCCCCCC(CCO)N(C(CCO)CCCCCCCCCCCCCCCCCCCCCCCCCCC)C(C(=O)[O-])[N+](C)(C)C. The number of quaternary nitrogens is 1. The van der Waals surface area contributed by atoms with Crippen molar-refractivity contribution >= 4 is 5.97 Å². The third kappa shape index (κ3) is 47.5. The van der Waals surface area contributed by atoms with Gasteiger partial charge in [-0.25, -0.2) is 4.90 Å². The first-order valence-electron chi connectivity index (χ1n) is 32.8. The Balaban J connectivity index is 4.24. The summed E-state index contributed by atoms with van der Waals surface area (Å²) >= 11 is 0. The van der Waals surface area contributed by atoms with Crippen LogP contribution < -0.4 is 5.11 Å². The largest absolute Gasteiger partial charge is 0.543 e. The quantitative estimate of drug-likeness (QED) is 0.0360. The molecule has 0 aliphatic rings. The Hall–Kier alpha value is -0.690. The second kappa shape index (κ2) is 55.5. The van der Waals surface area contributed by atoms with E-state index in [1.807, 2.05) is 21.1 Å². The molecule has 0 aliphatic carbocycles. The van der Waals surface area contributed by atoms with Crippen LogP contribution in [0, 0.1) is 0 Å². The Morgan fingerprint density at radius 3 is 0.634 bits per heavy atom. The van der Waals surface area contributed by atoms with Gasteiger partial charge >= 0.3 is 0 Å². The van der Waals surface area contributed by atoms with Gasteiger partial charge in [-0.1, -0.05) is 335 Å². The van der Waals surface area contributed by atoms with E-state index in [0.717, 1.165) is 38.5 Å². The predicted molar refractivity (Wildman–Crippen MR) is 311 cm³/mol. The van der Waals surface area contributed by atoms with Gasteiger partial charge in [-0.3, -0.25) is 0 Å². The van der Waals surface area contributed by atoms with Crippen molar-refractivity contribution in [2.75, 3.05) is 34.4 Å². The van der Waals surface area contributed by atoms with E-state index >= 15 is 0 Å². The Bertz CT molecular complexity index is 969. The van der Waals surface area contributed by atoms with Crippen LogP contribution in [0.4, 0.5) is 0 Å². The lowest BCUT2D eigenvalue weighted by Crippen LogP contribution is -2.67. The molecular weight excluding hydrogens is 873 g/mol. The third-order valence-corrected chi connectivity index (χ3v) is 16.3. The summed E-state index contributed by atoms with van der Waals surface area (Å²) < 4.78 is 0.241. The Kier molecular flexibility index (Phi) is 55.0. The number of likely N-dealkylation sites (N-methyl/N-ethyl adjacent to an activating group) is 1. The van der Waals surface area contributed by atoms with Crippen LogP contribution in [0.15, 0.2) is 0 Å². The van der Waals surface area contributed by atoms with Crippen molar-refractivity contribution in [3.8, 4) is 0 Å². The van der Waals surface area contributed by atoms with Gasteiger partial charge in [0.05, 0.1) is 21.1 Å². The van der Waals surface area contributed by atoms with Gasteiger partial charge in [-0.05, 0) is 25.7 Å². The van der Waals surface area contributed by atoms with Crippen LogP contribution in [-0.4, -0.2) is 78.2 Å². The molecule has 0 saturated heterocycles. The molecule has 0 aromatic heterocycles. The zero-order valence-electron chi connectivity index (χ0n) is 49.4. The molecule has 426 valence electrons. The van der Waals surface area contributed by atoms with Crippen molar-refractivity contribution in [2.24, 2.45) is 0 Å². The predicted octanol–water partition coefficient (Wildman–Crippen LogP) is 18.9. The van der Waals surface area contributed by atoms with Crippen LogP contribution in [0.5, 0.6) is 0 Å². The number of unbranched alkanes of at least 4 members (excludes halogenated alkanes) is 48. The molecule has 0 spiro atoms. The van der Waals surface area contributed by atoms with E-state index in [1.165, 1.54) is 295 Å². The molecule has 0 aromatic carbocycles. The van der Waals surface area contributed by atoms with Crippen molar-refractivity contribution in [3.63, 3.8) is 0 Å². The number of nitrogens with zero attached hydrogens (tertiary/aromatic N) is 2. The lowest BCUT2D eigenvalue weighted by Gasteiger charge is -2.48.